The van der Waals surface area contributed by atoms with E-state index in [0.717, 1.165) is 5.69 Å². The minimum absolute atomic E-state index is 0.432. The SMILES string of the molecule is CN=C(NN)Nc1ccc(C(N)=O)cc1. The zero-order valence-corrected chi connectivity index (χ0v) is 8.32. The first-order valence-electron chi connectivity index (χ1n) is 4.27. The zero-order valence-electron chi connectivity index (χ0n) is 8.32. The van der Waals surface area contributed by atoms with Gasteiger partial charge in [-0.1, -0.05) is 0 Å². The lowest BCUT2D eigenvalue weighted by atomic mass is 10.2. The van der Waals surface area contributed by atoms with Crippen LogP contribution in [0.3, 0.4) is 0 Å². The van der Waals surface area contributed by atoms with E-state index in [9.17, 15) is 4.79 Å². The first kappa shape index (κ1) is 11.0. The van der Waals surface area contributed by atoms with Crippen molar-refractivity contribution in [2.45, 2.75) is 0 Å². The van der Waals surface area contributed by atoms with Crippen LogP contribution >= 0.6 is 0 Å². The number of primary amides is 1. The summed E-state index contributed by atoms with van der Waals surface area (Å²) in [4.78, 5) is 14.6. The van der Waals surface area contributed by atoms with Crippen molar-refractivity contribution in [3.8, 4) is 0 Å². The normalized spacial score (nSPS) is 10.9. The van der Waals surface area contributed by atoms with E-state index in [-0.39, 0.29) is 0 Å². The standard InChI is InChI=1S/C9H13N5O/c1-12-9(14-11)13-7-4-2-6(3-5-7)8(10)15/h2-5H,11H2,1H3,(H2,10,15)(H2,12,13,14). The lowest BCUT2D eigenvalue weighted by molar-refractivity contribution is 0.100. The highest BCUT2D eigenvalue weighted by atomic mass is 16.1. The molecule has 0 aliphatic heterocycles. The third kappa shape index (κ3) is 2.96. The Balaban J connectivity index is 2.76. The molecule has 1 aromatic rings. The Kier molecular flexibility index (Phi) is 3.64. The first-order chi connectivity index (χ1) is 7.17. The van der Waals surface area contributed by atoms with E-state index in [1.807, 2.05) is 0 Å². The predicted molar refractivity (Wildman–Crippen MR) is 59.3 cm³/mol. The number of carbonyl (C=O) groups is 1. The van der Waals surface area contributed by atoms with Crippen molar-refractivity contribution in [3.05, 3.63) is 29.8 Å². The maximum Gasteiger partial charge on any atom is 0.248 e. The maximum atomic E-state index is 10.8. The number of nitrogens with one attached hydrogen (secondary N) is 2. The van der Waals surface area contributed by atoms with Gasteiger partial charge in [-0.25, -0.2) is 5.84 Å². The number of rotatable bonds is 2. The molecule has 0 radical (unpaired) electrons. The van der Waals surface area contributed by atoms with Crippen molar-refractivity contribution in [1.29, 1.82) is 0 Å². The Morgan fingerprint density at radius 2 is 1.93 bits per heavy atom. The van der Waals surface area contributed by atoms with Crippen LogP contribution in [0.5, 0.6) is 0 Å². The van der Waals surface area contributed by atoms with Crippen molar-refractivity contribution in [1.82, 2.24) is 5.43 Å². The van der Waals surface area contributed by atoms with Gasteiger partial charge in [0.05, 0.1) is 0 Å². The van der Waals surface area contributed by atoms with E-state index in [0.29, 0.717) is 11.5 Å². The van der Waals surface area contributed by atoms with Crippen LogP contribution in [0, 0.1) is 0 Å². The van der Waals surface area contributed by atoms with Crippen molar-refractivity contribution >= 4 is 17.6 Å². The molecule has 0 saturated heterocycles. The van der Waals surface area contributed by atoms with Gasteiger partial charge < -0.3 is 11.1 Å². The molecular weight excluding hydrogens is 194 g/mol. The van der Waals surface area contributed by atoms with Crippen molar-refractivity contribution in [2.75, 3.05) is 12.4 Å². The van der Waals surface area contributed by atoms with E-state index in [1.54, 1.807) is 31.3 Å². The van der Waals surface area contributed by atoms with Gasteiger partial charge in [0.1, 0.15) is 0 Å². The number of amides is 1. The van der Waals surface area contributed by atoms with Crippen LogP contribution in [-0.2, 0) is 0 Å². The van der Waals surface area contributed by atoms with E-state index in [1.165, 1.54) is 0 Å². The number of guanidine groups is 1. The molecule has 0 atom stereocenters. The molecule has 0 bridgehead atoms. The molecular formula is C9H13N5O. The fourth-order valence-corrected chi connectivity index (χ4v) is 1.01. The van der Waals surface area contributed by atoms with Gasteiger partial charge in [0.25, 0.3) is 0 Å². The molecule has 0 aliphatic rings. The first-order valence-corrected chi connectivity index (χ1v) is 4.27. The summed E-state index contributed by atoms with van der Waals surface area (Å²) in [5.74, 6) is 5.17. The summed E-state index contributed by atoms with van der Waals surface area (Å²) in [5, 5.41) is 2.91. The molecule has 1 rings (SSSR count). The van der Waals surface area contributed by atoms with E-state index >= 15 is 0 Å². The van der Waals surface area contributed by atoms with E-state index in [4.69, 9.17) is 11.6 Å². The minimum atomic E-state index is -0.456. The largest absolute Gasteiger partial charge is 0.366 e. The number of nitrogens with two attached hydrogens (primary N) is 2. The topological polar surface area (TPSA) is 106 Å². The third-order valence-corrected chi connectivity index (χ3v) is 1.79. The van der Waals surface area contributed by atoms with Gasteiger partial charge in [0.2, 0.25) is 11.9 Å². The van der Waals surface area contributed by atoms with E-state index < -0.39 is 5.91 Å². The summed E-state index contributed by atoms with van der Waals surface area (Å²) in [6.07, 6.45) is 0. The van der Waals surface area contributed by atoms with E-state index in [2.05, 4.69) is 15.7 Å². The Bertz CT molecular complexity index is 371. The third-order valence-electron chi connectivity index (χ3n) is 1.79. The highest BCUT2D eigenvalue weighted by Gasteiger charge is 2.00. The lowest BCUT2D eigenvalue weighted by Gasteiger charge is -2.07. The van der Waals surface area contributed by atoms with Crippen LogP contribution in [0.1, 0.15) is 10.4 Å². The number of hydrazine groups is 1. The molecule has 1 amide bonds. The molecule has 0 heterocycles. The zero-order chi connectivity index (χ0) is 11.3. The minimum Gasteiger partial charge on any atom is -0.366 e. The van der Waals surface area contributed by atoms with Crippen LogP contribution in [-0.4, -0.2) is 18.9 Å². The summed E-state index contributed by atoms with van der Waals surface area (Å²) in [6.45, 7) is 0. The van der Waals surface area contributed by atoms with Gasteiger partial charge >= 0.3 is 0 Å². The highest BCUT2D eigenvalue weighted by molar-refractivity contribution is 5.95. The Morgan fingerprint density at radius 1 is 1.33 bits per heavy atom. The molecule has 0 aromatic heterocycles. The summed E-state index contributed by atoms with van der Waals surface area (Å²) in [5.41, 5.74) is 8.70. The molecule has 0 spiro atoms. The fraction of sp³-hybridized carbons (Fsp3) is 0.111. The van der Waals surface area contributed by atoms with Gasteiger partial charge in [0, 0.05) is 18.3 Å². The summed E-state index contributed by atoms with van der Waals surface area (Å²) < 4.78 is 0. The number of carbonyl (C=O) groups excluding carboxylic acids is 1. The number of hydrogen-bond acceptors (Lipinski definition) is 3. The Labute approximate surface area is 87.3 Å². The molecule has 1 aromatic carbocycles. The molecule has 0 fully saturated rings. The summed E-state index contributed by atoms with van der Waals surface area (Å²) >= 11 is 0. The Hall–Kier alpha value is -2.08. The number of nitrogens with zero attached hydrogens (tertiary/aromatic N) is 1. The van der Waals surface area contributed by atoms with Crippen LogP contribution in [0.2, 0.25) is 0 Å². The van der Waals surface area contributed by atoms with Crippen LogP contribution < -0.4 is 22.3 Å². The van der Waals surface area contributed by atoms with Gasteiger partial charge in [-0.15, -0.1) is 0 Å². The number of aliphatic imine (C=N–C) groups is 1. The number of hydrogen-bond donors (Lipinski definition) is 4. The molecule has 0 unspecified atom stereocenters. The number of benzene rings is 1. The summed E-state index contributed by atoms with van der Waals surface area (Å²) in [6, 6.07) is 6.66. The molecule has 15 heavy (non-hydrogen) atoms. The molecule has 0 aliphatic carbocycles. The molecule has 0 saturated carbocycles. The second-order valence-electron chi connectivity index (χ2n) is 2.78. The predicted octanol–water partition coefficient (Wildman–Crippen LogP) is -0.353. The molecule has 80 valence electrons. The molecule has 6 heteroatoms. The smallest absolute Gasteiger partial charge is 0.248 e. The van der Waals surface area contributed by atoms with Gasteiger partial charge in [0.15, 0.2) is 0 Å². The second-order valence-corrected chi connectivity index (χ2v) is 2.78. The number of anilines is 1. The van der Waals surface area contributed by atoms with Crippen molar-refractivity contribution in [2.24, 2.45) is 16.6 Å². The second kappa shape index (κ2) is 4.97. The Morgan fingerprint density at radius 3 is 2.33 bits per heavy atom. The average molecular weight is 207 g/mol. The van der Waals surface area contributed by atoms with Crippen LogP contribution in [0.25, 0.3) is 0 Å². The molecule has 6 nitrogen and oxygen atoms in total. The average Bonchev–Trinajstić information content (AvgIpc) is 2.26. The van der Waals surface area contributed by atoms with Crippen LogP contribution in [0.15, 0.2) is 29.3 Å². The highest BCUT2D eigenvalue weighted by Crippen LogP contribution is 2.08. The fourth-order valence-electron chi connectivity index (χ4n) is 1.01. The lowest BCUT2D eigenvalue weighted by Crippen LogP contribution is -2.36. The maximum absolute atomic E-state index is 10.8. The van der Waals surface area contributed by atoms with Gasteiger partial charge in [-0.05, 0) is 24.3 Å². The molecule has 6 N–H and O–H groups in total. The monoisotopic (exact) mass is 207 g/mol. The van der Waals surface area contributed by atoms with Crippen molar-refractivity contribution < 1.29 is 4.79 Å². The quantitative estimate of drug-likeness (QED) is 0.230. The van der Waals surface area contributed by atoms with Gasteiger partial charge in [-0.3, -0.25) is 15.2 Å². The van der Waals surface area contributed by atoms with Crippen molar-refractivity contribution in [3.63, 3.8) is 0 Å². The van der Waals surface area contributed by atoms with Crippen LogP contribution in [0.4, 0.5) is 5.69 Å². The summed E-state index contributed by atoms with van der Waals surface area (Å²) in [7, 11) is 1.60. The van der Waals surface area contributed by atoms with Gasteiger partial charge in [-0.2, -0.15) is 0 Å².